The third-order valence-corrected chi connectivity index (χ3v) is 5.35. The number of rotatable bonds is 9. The molecule has 3 aromatic carbocycles. The van der Waals surface area contributed by atoms with Gasteiger partial charge in [0.15, 0.2) is 0 Å². The predicted octanol–water partition coefficient (Wildman–Crippen LogP) is 5.94. The molecule has 1 heterocycles. The number of methoxy groups -OCH3 is 1. The standard InChI is InChI=1S/C25H22F2N4O2S/c1-32-21-12-11-18(15-28-31-24(23(26)27)29-30-25(31)34)14-20(21)16-33-22-10-6-5-9-19(22)13-17-7-3-2-4-8-17/h2-12,14-15,23H,13,16H2,1H3,(H,30,34)/b28-15+. The molecule has 0 atom stereocenters. The van der Waals surface area contributed by atoms with Gasteiger partial charge in [-0.25, -0.2) is 13.9 Å². The molecule has 6 nitrogen and oxygen atoms in total. The summed E-state index contributed by atoms with van der Waals surface area (Å²) in [5.41, 5.74) is 3.71. The first kappa shape index (κ1) is 23.3. The van der Waals surface area contributed by atoms with Crippen LogP contribution in [0, 0.1) is 4.77 Å². The number of hydrogen-bond acceptors (Lipinski definition) is 5. The Hall–Kier alpha value is -3.85. The number of aromatic nitrogens is 3. The summed E-state index contributed by atoms with van der Waals surface area (Å²) in [7, 11) is 1.58. The van der Waals surface area contributed by atoms with E-state index in [4.69, 9.17) is 21.7 Å². The third kappa shape index (κ3) is 5.55. The Morgan fingerprint density at radius 1 is 1.03 bits per heavy atom. The van der Waals surface area contributed by atoms with Gasteiger partial charge in [0.05, 0.1) is 13.3 Å². The van der Waals surface area contributed by atoms with E-state index >= 15 is 0 Å². The Balaban J connectivity index is 1.54. The highest BCUT2D eigenvalue weighted by Gasteiger charge is 2.16. The normalized spacial score (nSPS) is 11.3. The van der Waals surface area contributed by atoms with E-state index in [0.29, 0.717) is 11.3 Å². The molecule has 0 unspecified atom stereocenters. The third-order valence-electron chi connectivity index (χ3n) is 5.09. The van der Waals surface area contributed by atoms with Crippen LogP contribution in [-0.4, -0.2) is 28.2 Å². The summed E-state index contributed by atoms with van der Waals surface area (Å²) in [6, 6.07) is 23.4. The number of benzene rings is 3. The van der Waals surface area contributed by atoms with E-state index in [1.807, 2.05) is 48.5 Å². The number of hydrogen-bond donors (Lipinski definition) is 1. The minimum Gasteiger partial charge on any atom is -0.496 e. The highest BCUT2D eigenvalue weighted by Crippen LogP contribution is 2.26. The number of aromatic amines is 1. The van der Waals surface area contributed by atoms with Crippen LogP contribution in [0.2, 0.25) is 0 Å². The van der Waals surface area contributed by atoms with Gasteiger partial charge in [0.2, 0.25) is 10.6 Å². The van der Waals surface area contributed by atoms with Crippen LogP contribution in [-0.2, 0) is 13.0 Å². The second-order valence-corrected chi connectivity index (χ2v) is 7.76. The molecule has 0 bridgehead atoms. The van der Waals surface area contributed by atoms with Crippen molar-refractivity contribution >= 4 is 18.4 Å². The Labute approximate surface area is 200 Å². The molecule has 0 amide bonds. The summed E-state index contributed by atoms with van der Waals surface area (Å²) >= 11 is 4.99. The molecule has 9 heteroatoms. The fraction of sp³-hybridized carbons (Fsp3) is 0.160. The van der Waals surface area contributed by atoms with Crippen molar-refractivity contribution in [2.75, 3.05) is 7.11 Å². The van der Waals surface area contributed by atoms with Gasteiger partial charge in [-0.1, -0.05) is 48.5 Å². The van der Waals surface area contributed by atoms with Gasteiger partial charge in [-0.05, 0) is 53.2 Å². The zero-order valence-corrected chi connectivity index (χ0v) is 19.1. The van der Waals surface area contributed by atoms with Gasteiger partial charge in [-0.15, -0.1) is 0 Å². The fourth-order valence-electron chi connectivity index (χ4n) is 3.43. The number of ether oxygens (including phenoxy) is 2. The summed E-state index contributed by atoms with van der Waals surface area (Å²) in [6.07, 6.45) is -0.622. The fourth-order valence-corrected chi connectivity index (χ4v) is 3.62. The van der Waals surface area contributed by atoms with Gasteiger partial charge < -0.3 is 9.47 Å². The lowest BCUT2D eigenvalue weighted by atomic mass is 10.0. The highest BCUT2D eigenvalue weighted by atomic mass is 32.1. The zero-order valence-electron chi connectivity index (χ0n) is 18.3. The zero-order chi connectivity index (χ0) is 23.9. The number of alkyl halides is 2. The van der Waals surface area contributed by atoms with Gasteiger partial charge in [0.1, 0.15) is 18.1 Å². The summed E-state index contributed by atoms with van der Waals surface area (Å²) in [6.45, 7) is 0.254. The number of nitrogens with zero attached hydrogens (tertiary/aromatic N) is 3. The predicted molar refractivity (Wildman–Crippen MR) is 128 cm³/mol. The molecule has 1 aromatic heterocycles. The van der Waals surface area contributed by atoms with Crippen LogP contribution in [0.1, 0.15) is 34.5 Å². The van der Waals surface area contributed by atoms with Crippen LogP contribution in [0.4, 0.5) is 8.78 Å². The topological polar surface area (TPSA) is 64.4 Å². The van der Waals surface area contributed by atoms with Gasteiger partial charge in [0.25, 0.3) is 6.43 Å². The molecule has 0 aliphatic carbocycles. The van der Waals surface area contributed by atoms with E-state index in [1.54, 1.807) is 19.2 Å². The highest BCUT2D eigenvalue weighted by molar-refractivity contribution is 7.71. The van der Waals surface area contributed by atoms with Crippen LogP contribution in [0.15, 0.2) is 77.9 Å². The largest absolute Gasteiger partial charge is 0.496 e. The first-order valence-corrected chi connectivity index (χ1v) is 10.9. The van der Waals surface area contributed by atoms with Crippen molar-refractivity contribution in [2.24, 2.45) is 5.10 Å². The molecule has 0 fully saturated rings. The van der Waals surface area contributed by atoms with E-state index < -0.39 is 12.2 Å². The lowest BCUT2D eigenvalue weighted by Crippen LogP contribution is -2.03. The van der Waals surface area contributed by atoms with Crippen LogP contribution >= 0.6 is 12.2 Å². The minimum atomic E-state index is -2.80. The van der Waals surface area contributed by atoms with Crippen molar-refractivity contribution in [1.82, 2.24) is 14.9 Å². The Bertz CT molecular complexity index is 1340. The average Bonchev–Trinajstić information content (AvgIpc) is 3.23. The van der Waals surface area contributed by atoms with Gasteiger partial charge >= 0.3 is 0 Å². The van der Waals surface area contributed by atoms with Crippen molar-refractivity contribution in [1.29, 1.82) is 0 Å². The summed E-state index contributed by atoms with van der Waals surface area (Å²) in [5.74, 6) is 0.873. The lowest BCUT2D eigenvalue weighted by Gasteiger charge is -2.14. The van der Waals surface area contributed by atoms with Gasteiger partial charge in [-0.3, -0.25) is 0 Å². The molecular formula is C25H22F2N4O2S. The van der Waals surface area contributed by atoms with Crippen molar-refractivity contribution in [3.05, 3.63) is 106 Å². The molecular weight excluding hydrogens is 458 g/mol. The molecule has 0 spiro atoms. The van der Waals surface area contributed by atoms with E-state index in [9.17, 15) is 8.78 Å². The maximum atomic E-state index is 13.1. The number of halogens is 2. The first-order chi connectivity index (χ1) is 16.5. The first-order valence-electron chi connectivity index (χ1n) is 10.5. The summed E-state index contributed by atoms with van der Waals surface area (Å²) in [5, 5.41) is 9.91. The van der Waals surface area contributed by atoms with E-state index in [0.717, 1.165) is 28.0 Å². The molecule has 4 aromatic rings. The summed E-state index contributed by atoms with van der Waals surface area (Å²) < 4.78 is 38.7. The smallest absolute Gasteiger partial charge is 0.299 e. The van der Waals surface area contributed by atoms with E-state index in [-0.39, 0.29) is 11.4 Å². The van der Waals surface area contributed by atoms with Crippen LogP contribution < -0.4 is 9.47 Å². The molecule has 0 saturated carbocycles. The van der Waals surface area contributed by atoms with E-state index in [1.165, 1.54) is 11.8 Å². The van der Waals surface area contributed by atoms with Crippen molar-refractivity contribution in [3.63, 3.8) is 0 Å². The van der Waals surface area contributed by atoms with Crippen LogP contribution in [0.3, 0.4) is 0 Å². The number of H-pyrrole nitrogens is 1. The molecule has 0 saturated heterocycles. The second kappa shape index (κ2) is 10.8. The number of para-hydroxylation sites is 1. The maximum Gasteiger partial charge on any atom is 0.299 e. The molecule has 0 radical (unpaired) electrons. The second-order valence-electron chi connectivity index (χ2n) is 7.37. The molecule has 4 rings (SSSR count). The monoisotopic (exact) mass is 480 g/mol. The molecule has 0 aliphatic heterocycles. The Morgan fingerprint density at radius 2 is 1.79 bits per heavy atom. The van der Waals surface area contributed by atoms with Crippen LogP contribution in [0.5, 0.6) is 11.5 Å². The van der Waals surface area contributed by atoms with Gasteiger partial charge in [-0.2, -0.15) is 14.9 Å². The minimum absolute atomic E-state index is 0.0151. The van der Waals surface area contributed by atoms with Crippen molar-refractivity contribution in [3.8, 4) is 11.5 Å². The van der Waals surface area contributed by atoms with E-state index in [2.05, 4.69) is 27.4 Å². The quantitative estimate of drug-likeness (QED) is 0.238. The SMILES string of the molecule is COc1ccc(/C=N/n2c(C(F)F)n[nH]c2=S)cc1COc1ccccc1Cc1ccccc1. The molecule has 34 heavy (non-hydrogen) atoms. The maximum absolute atomic E-state index is 13.1. The van der Waals surface area contributed by atoms with Gasteiger partial charge in [0, 0.05) is 12.0 Å². The molecule has 1 N–H and O–H groups in total. The molecule has 174 valence electrons. The molecule has 0 aliphatic rings. The van der Waals surface area contributed by atoms with Crippen molar-refractivity contribution < 1.29 is 18.3 Å². The van der Waals surface area contributed by atoms with Crippen molar-refractivity contribution in [2.45, 2.75) is 19.5 Å². The Morgan fingerprint density at radius 3 is 2.56 bits per heavy atom. The number of nitrogens with one attached hydrogen (secondary N) is 1. The average molecular weight is 481 g/mol. The lowest BCUT2D eigenvalue weighted by molar-refractivity contribution is 0.136. The van der Waals surface area contributed by atoms with Crippen LogP contribution in [0.25, 0.3) is 0 Å². The Kier molecular flexibility index (Phi) is 7.44. The summed E-state index contributed by atoms with van der Waals surface area (Å²) in [4.78, 5) is 0.